The van der Waals surface area contributed by atoms with Gasteiger partial charge in [0.25, 0.3) is 5.69 Å². The lowest BCUT2D eigenvalue weighted by atomic mass is 10.0. The quantitative estimate of drug-likeness (QED) is 0.368. The van der Waals surface area contributed by atoms with Crippen LogP contribution in [-0.2, 0) is 6.61 Å². The molecule has 0 radical (unpaired) electrons. The Hall–Kier alpha value is -3.94. The van der Waals surface area contributed by atoms with Crippen LogP contribution in [0.5, 0.6) is 17.2 Å². The molecule has 1 aliphatic rings. The fraction of sp³-hybridized carbons (Fsp3) is 0.174. The molecule has 0 saturated carbocycles. The summed E-state index contributed by atoms with van der Waals surface area (Å²) in [7, 11) is 1.54. The van der Waals surface area contributed by atoms with E-state index in [-0.39, 0.29) is 11.4 Å². The van der Waals surface area contributed by atoms with Crippen LogP contribution in [0.15, 0.2) is 65.7 Å². The normalized spacial score (nSPS) is 14.6. The first-order chi connectivity index (χ1) is 15.0. The minimum absolute atomic E-state index is 0.0692. The molecule has 0 fully saturated rings. The van der Waals surface area contributed by atoms with E-state index in [2.05, 4.69) is 4.99 Å². The van der Waals surface area contributed by atoms with Crippen LogP contribution in [-0.4, -0.2) is 18.2 Å². The first-order valence-corrected chi connectivity index (χ1v) is 9.57. The Morgan fingerprint density at radius 3 is 2.61 bits per heavy atom. The van der Waals surface area contributed by atoms with E-state index in [9.17, 15) is 14.5 Å². The van der Waals surface area contributed by atoms with Crippen molar-refractivity contribution in [2.24, 2.45) is 4.99 Å². The van der Waals surface area contributed by atoms with Crippen molar-refractivity contribution in [2.75, 3.05) is 7.11 Å². The standard InChI is InChI=1S/C23H19FN2O5/c1-29-22-12-17-19(13-23(22)30-14-15-5-3-2-4-6-15)25-10-9-20(17)31-21-8-7-16(26(27)28)11-18(21)24/h2-8,10-13,20H,9,14H2,1H3. The van der Waals surface area contributed by atoms with E-state index >= 15 is 0 Å². The van der Waals surface area contributed by atoms with Crippen LogP contribution in [0.4, 0.5) is 15.8 Å². The van der Waals surface area contributed by atoms with Gasteiger partial charge in [-0.25, -0.2) is 4.39 Å². The maximum absolute atomic E-state index is 14.3. The van der Waals surface area contributed by atoms with Crippen molar-refractivity contribution in [3.8, 4) is 17.2 Å². The summed E-state index contributed by atoms with van der Waals surface area (Å²) in [6.45, 7) is 0.369. The molecule has 31 heavy (non-hydrogen) atoms. The highest BCUT2D eigenvalue weighted by Crippen LogP contribution is 2.42. The predicted molar refractivity (Wildman–Crippen MR) is 113 cm³/mol. The molecule has 8 heteroatoms. The second kappa shape index (κ2) is 8.83. The van der Waals surface area contributed by atoms with Crippen molar-refractivity contribution in [3.63, 3.8) is 0 Å². The van der Waals surface area contributed by atoms with Gasteiger partial charge in [0.1, 0.15) is 12.7 Å². The van der Waals surface area contributed by atoms with Crippen molar-refractivity contribution >= 4 is 17.6 Å². The summed E-state index contributed by atoms with van der Waals surface area (Å²) in [5.74, 6) is 0.169. The van der Waals surface area contributed by atoms with Crippen LogP contribution in [0.1, 0.15) is 23.7 Å². The first kappa shape index (κ1) is 20.3. The lowest BCUT2D eigenvalue weighted by Crippen LogP contribution is -2.13. The number of hydrogen-bond acceptors (Lipinski definition) is 6. The van der Waals surface area contributed by atoms with Crippen molar-refractivity contribution in [1.82, 2.24) is 0 Å². The van der Waals surface area contributed by atoms with Crippen molar-refractivity contribution in [1.29, 1.82) is 0 Å². The molecular weight excluding hydrogens is 403 g/mol. The molecule has 1 aliphatic heterocycles. The van der Waals surface area contributed by atoms with Gasteiger partial charge in [-0.15, -0.1) is 0 Å². The van der Waals surface area contributed by atoms with Crippen LogP contribution >= 0.6 is 0 Å². The van der Waals surface area contributed by atoms with E-state index in [0.29, 0.717) is 35.8 Å². The molecule has 1 heterocycles. The number of halogens is 1. The Kier molecular flexibility index (Phi) is 5.79. The summed E-state index contributed by atoms with van der Waals surface area (Å²) in [5.41, 5.74) is 2.02. The van der Waals surface area contributed by atoms with Crippen molar-refractivity contribution < 1.29 is 23.5 Å². The van der Waals surface area contributed by atoms with Gasteiger partial charge in [0.2, 0.25) is 0 Å². The molecule has 0 aliphatic carbocycles. The number of nitro groups is 1. The van der Waals surface area contributed by atoms with Gasteiger partial charge in [-0.05, 0) is 17.7 Å². The SMILES string of the molecule is COc1cc2c(cc1OCc1ccccc1)N=CCC2Oc1ccc([N+](=O)[O-])cc1F. The third-order valence-corrected chi connectivity index (χ3v) is 4.84. The van der Waals surface area contributed by atoms with Crippen LogP contribution in [0, 0.1) is 15.9 Å². The molecule has 3 aromatic rings. The number of aliphatic imine (C=N–C) groups is 1. The second-order valence-corrected chi connectivity index (χ2v) is 6.86. The largest absolute Gasteiger partial charge is 0.493 e. The number of non-ortho nitro benzene ring substituents is 1. The van der Waals surface area contributed by atoms with Crippen LogP contribution in [0.2, 0.25) is 0 Å². The van der Waals surface area contributed by atoms with Crippen molar-refractivity contribution in [3.05, 3.63) is 87.7 Å². The molecule has 0 amide bonds. The average molecular weight is 422 g/mol. The van der Waals surface area contributed by atoms with Gasteiger partial charge in [0, 0.05) is 30.3 Å². The molecule has 7 nitrogen and oxygen atoms in total. The number of nitro benzene ring substituents is 1. The minimum atomic E-state index is -0.798. The molecule has 0 spiro atoms. The lowest BCUT2D eigenvalue weighted by Gasteiger charge is -2.24. The van der Waals surface area contributed by atoms with E-state index < -0.39 is 16.8 Å². The second-order valence-electron chi connectivity index (χ2n) is 6.86. The van der Waals surface area contributed by atoms with Gasteiger partial charge >= 0.3 is 0 Å². The number of fused-ring (bicyclic) bond motifs is 1. The van der Waals surface area contributed by atoms with Gasteiger partial charge in [-0.3, -0.25) is 15.1 Å². The zero-order valence-electron chi connectivity index (χ0n) is 16.7. The molecule has 1 atom stereocenters. The number of methoxy groups -OCH3 is 1. The topological polar surface area (TPSA) is 83.2 Å². The van der Waals surface area contributed by atoms with Gasteiger partial charge < -0.3 is 14.2 Å². The molecule has 0 bridgehead atoms. The Bertz CT molecular complexity index is 1130. The zero-order valence-corrected chi connectivity index (χ0v) is 16.7. The number of ether oxygens (including phenoxy) is 3. The number of benzene rings is 3. The minimum Gasteiger partial charge on any atom is -0.493 e. The molecule has 1 unspecified atom stereocenters. The molecule has 3 aromatic carbocycles. The maximum Gasteiger partial charge on any atom is 0.272 e. The van der Waals surface area contributed by atoms with Gasteiger partial charge in [0.15, 0.2) is 23.1 Å². The Balaban J connectivity index is 1.58. The molecule has 4 rings (SSSR count). The van der Waals surface area contributed by atoms with E-state index in [1.165, 1.54) is 19.2 Å². The van der Waals surface area contributed by atoms with E-state index in [1.807, 2.05) is 30.3 Å². The summed E-state index contributed by atoms with van der Waals surface area (Å²) >= 11 is 0. The Labute approximate surface area is 177 Å². The molecule has 0 N–H and O–H groups in total. The number of hydrogen-bond donors (Lipinski definition) is 0. The highest BCUT2D eigenvalue weighted by molar-refractivity contribution is 5.72. The van der Waals surface area contributed by atoms with Gasteiger partial charge in [0.05, 0.1) is 23.8 Å². The summed E-state index contributed by atoms with van der Waals surface area (Å²) in [5, 5.41) is 10.8. The highest BCUT2D eigenvalue weighted by Gasteiger charge is 2.25. The number of nitrogens with zero attached hydrogens (tertiary/aromatic N) is 2. The Morgan fingerprint density at radius 1 is 1.10 bits per heavy atom. The monoisotopic (exact) mass is 422 g/mol. The van der Waals surface area contributed by atoms with Crippen LogP contribution in [0.3, 0.4) is 0 Å². The summed E-state index contributed by atoms with van der Waals surface area (Å²) in [4.78, 5) is 14.6. The highest BCUT2D eigenvalue weighted by atomic mass is 19.1. The molecule has 0 saturated heterocycles. The maximum atomic E-state index is 14.3. The fourth-order valence-corrected chi connectivity index (χ4v) is 3.28. The summed E-state index contributed by atoms with van der Waals surface area (Å²) in [6.07, 6.45) is 1.57. The lowest BCUT2D eigenvalue weighted by molar-refractivity contribution is -0.385. The average Bonchev–Trinajstić information content (AvgIpc) is 2.79. The summed E-state index contributed by atoms with van der Waals surface area (Å²) in [6, 6.07) is 16.6. The van der Waals surface area contributed by atoms with Gasteiger partial charge in [-0.1, -0.05) is 30.3 Å². The van der Waals surface area contributed by atoms with E-state index in [4.69, 9.17) is 14.2 Å². The molecule has 158 valence electrons. The third kappa shape index (κ3) is 4.48. The van der Waals surface area contributed by atoms with E-state index in [0.717, 1.165) is 11.6 Å². The van der Waals surface area contributed by atoms with Gasteiger partial charge in [-0.2, -0.15) is 0 Å². The summed E-state index contributed by atoms with van der Waals surface area (Å²) < 4.78 is 31.5. The Morgan fingerprint density at radius 2 is 1.90 bits per heavy atom. The zero-order chi connectivity index (χ0) is 21.8. The van der Waals surface area contributed by atoms with Crippen molar-refractivity contribution in [2.45, 2.75) is 19.1 Å². The number of rotatable bonds is 7. The predicted octanol–water partition coefficient (Wildman–Crippen LogP) is 5.55. The fourth-order valence-electron chi connectivity index (χ4n) is 3.28. The molecular formula is C23H19FN2O5. The van der Waals surface area contributed by atoms with E-state index in [1.54, 1.807) is 18.3 Å². The first-order valence-electron chi connectivity index (χ1n) is 9.57. The molecule has 0 aromatic heterocycles. The third-order valence-electron chi connectivity index (χ3n) is 4.84. The van der Waals surface area contributed by atoms with Crippen LogP contribution in [0.25, 0.3) is 0 Å². The van der Waals surface area contributed by atoms with Crippen LogP contribution < -0.4 is 14.2 Å². The smallest absolute Gasteiger partial charge is 0.272 e.